The lowest BCUT2D eigenvalue weighted by atomic mass is 10.0. The second kappa shape index (κ2) is 10.2. The third-order valence-electron chi connectivity index (χ3n) is 5.10. The molecule has 0 spiro atoms. The van der Waals surface area contributed by atoms with E-state index in [1.54, 1.807) is 0 Å². The van der Waals surface area contributed by atoms with E-state index < -0.39 is 0 Å². The minimum absolute atomic E-state index is 0.587. The van der Waals surface area contributed by atoms with Gasteiger partial charge in [0.25, 0.3) is 0 Å². The zero-order chi connectivity index (χ0) is 17.4. The Morgan fingerprint density at radius 3 is 2.67 bits per heavy atom. The molecule has 0 aromatic carbocycles. The van der Waals surface area contributed by atoms with Crippen LogP contribution in [0.15, 0.2) is 4.99 Å². The van der Waals surface area contributed by atoms with Crippen molar-refractivity contribution >= 4 is 5.96 Å². The van der Waals surface area contributed by atoms with E-state index in [9.17, 15) is 0 Å². The first kappa shape index (κ1) is 19.5. The Morgan fingerprint density at radius 2 is 2.08 bits per heavy atom. The summed E-state index contributed by atoms with van der Waals surface area (Å²) < 4.78 is 5.51. The van der Waals surface area contributed by atoms with E-state index in [1.807, 2.05) is 0 Å². The van der Waals surface area contributed by atoms with Crippen LogP contribution in [0.1, 0.15) is 46.5 Å². The molecule has 2 rings (SSSR count). The molecule has 2 atom stereocenters. The number of nitrogens with one attached hydrogen (secondary N) is 1. The van der Waals surface area contributed by atoms with Crippen LogP contribution in [-0.4, -0.2) is 74.8 Å². The zero-order valence-corrected chi connectivity index (χ0v) is 16.3. The van der Waals surface area contributed by atoms with Gasteiger partial charge in [0.2, 0.25) is 0 Å². The maximum atomic E-state index is 5.51. The van der Waals surface area contributed by atoms with Gasteiger partial charge in [-0.2, -0.15) is 0 Å². The topological polar surface area (TPSA) is 40.1 Å². The number of rotatable bonds is 8. The smallest absolute Gasteiger partial charge is 0.193 e. The van der Waals surface area contributed by atoms with E-state index in [0.29, 0.717) is 12.0 Å². The molecule has 2 fully saturated rings. The number of hydrogen-bond donors (Lipinski definition) is 1. The number of nitrogens with zero attached hydrogens (tertiary/aromatic N) is 3. The lowest BCUT2D eigenvalue weighted by Crippen LogP contribution is -2.43. The molecular weight excluding hydrogens is 300 g/mol. The molecule has 2 aliphatic rings. The first-order valence-corrected chi connectivity index (χ1v) is 9.91. The van der Waals surface area contributed by atoms with E-state index in [1.165, 1.54) is 38.8 Å². The molecule has 2 saturated heterocycles. The van der Waals surface area contributed by atoms with E-state index in [4.69, 9.17) is 9.73 Å². The third kappa shape index (κ3) is 6.25. The molecule has 5 heteroatoms. The molecule has 2 aliphatic heterocycles. The summed E-state index contributed by atoms with van der Waals surface area (Å²) in [6.45, 7) is 14.0. The Kier molecular flexibility index (Phi) is 8.33. The van der Waals surface area contributed by atoms with Crippen molar-refractivity contribution in [2.45, 2.75) is 52.5 Å². The second-order valence-corrected chi connectivity index (χ2v) is 7.83. The minimum atomic E-state index is 0.587. The third-order valence-corrected chi connectivity index (χ3v) is 5.10. The second-order valence-electron chi connectivity index (χ2n) is 7.83. The van der Waals surface area contributed by atoms with Gasteiger partial charge in [0.05, 0.1) is 13.2 Å². The van der Waals surface area contributed by atoms with Crippen molar-refractivity contribution in [3.05, 3.63) is 0 Å². The maximum absolute atomic E-state index is 5.51. The molecule has 2 unspecified atom stereocenters. The molecule has 0 aromatic heterocycles. The highest BCUT2D eigenvalue weighted by molar-refractivity contribution is 5.79. The largest absolute Gasteiger partial charge is 0.381 e. The molecule has 140 valence electrons. The summed E-state index contributed by atoms with van der Waals surface area (Å²) in [5.41, 5.74) is 0. The number of ether oxygens (including phenoxy) is 1. The molecule has 0 amide bonds. The van der Waals surface area contributed by atoms with Crippen LogP contribution in [0.5, 0.6) is 0 Å². The van der Waals surface area contributed by atoms with Gasteiger partial charge < -0.3 is 15.0 Å². The van der Waals surface area contributed by atoms with Crippen molar-refractivity contribution in [2.24, 2.45) is 16.8 Å². The summed E-state index contributed by atoms with van der Waals surface area (Å²) in [6, 6.07) is 0.587. The van der Waals surface area contributed by atoms with Gasteiger partial charge in [-0.25, -0.2) is 0 Å². The Bertz CT molecular complexity index is 374. The van der Waals surface area contributed by atoms with Gasteiger partial charge in [-0.15, -0.1) is 0 Å². The van der Waals surface area contributed by atoms with Crippen molar-refractivity contribution in [1.82, 2.24) is 15.1 Å². The van der Waals surface area contributed by atoms with Crippen molar-refractivity contribution < 1.29 is 4.74 Å². The minimum Gasteiger partial charge on any atom is -0.381 e. The van der Waals surface area contributed by atoms with Gasteiger partial charge in [-0.05, 0) is 51.6 Å². The molecule has 0 aromatic rings. The average molecular weight is 339 g/mol. The number of hydrogen-bond acceptors (Lipinski definition) is 3. The van der Waals surface area contributed by atoms with Crippen molar-refractivity contribution in [3.63, 3.8) is 0 Å². The quantitative estimate of drug-likeness (QED) is 0.545. The summed E-state index contributed by atoms with van der Waals surface area (Å²) in [7, 11) is 2.16. The highest BCUT2D eigenvalue weighted by atomic mass is 16.5. The Hall–Kier alpha value is -0.810. The fourth-order valence-electron chi connectivity index (χ4n) is 3.85. The molecule has 24 heavy (non-hydrogen) atoms. The lowest BCUT2D eigenvalue weighted by molar-refractivity contribution is 0.181. The molecule has 2 heterocycles. The van der Waals surface area contributed by atoms with Crippen molar-refractivity contribution in [3.8, 4) is 0 Å². The molecule has 0 saturated carbocycles. The standard InChI is InChI=1S/C19H38N4O/c1-5-20-19(22(4)14-17-8-11-24-15-17)21-13-18(12-16(2)3)23-9-6-7-10-23/h16-18H,5-15H2,1-4H3,(H,20,21). The van der Waals surface area contributed by atoms with Crippen LogP contribution in [0.2, 0.25) is 0 Å². The molecule has 0 aliphatic carbocycles. The normalized spacial score (nSPS) is 23.9. The molecule has 0 bridgehead atoms. The number of likely N-dealkylation sites (tertiary alicyclic amines) is 1. The highest BCUT2D eigenvalue weighted by Crippen LogP contribution is 2.18. The first-order valence-electron chi connectivity index (χ1n) is 9.91. The SMILES string of the molecule is CCNC(=NCC(CC(C)C)N1CCCC1)N(C)CC1CCOC1. The number of guanidine groups is 1. The Morgan fingerprint density at radius 1 is 1.33 bits per heavy atom. The maximum Gasteiger partial charge on any atom is 0.193 e. The summed E-state index contributed by atoms with van der Waals surface area (Å²) in [6.07, 6.45) is 5.11. The molecular formula is C19H38N4O. The van der Waals surface area contributed by atoms with Crippen LogP contribution in [-0.2, 0) is 4.74 Å². The predicted octanol–water partition coefficient (Wildman–Crippen LogP) is 2.43. The first-order chi connectivity index (χ1) is 11.6. The highest BCUT2D eigenvalue weighted by Gasteiger charge is 2.23. The van der Waals surface area contributed by atoms with E-state index in [2.05, 4.69) is 42.9 Å². The summed E-state index contributed by atoms with van der Waals surface area (Å²) in [4.78, 5) is 9.94. The van der Waals surface area contributed by atoms with Crippen molar-refractivity contribution in [2.75, 3.05) is 53.0 Å². The lowest BCUT2D eigenvalue weighted by Gasteiger charge is -2.29. The van der Waals surface area contributed by atoms with Gasteiger partial charge in [0.1, 0.15) is 0 Å². The van der Waals surface area contributed by atoms with Crippen LogP contribution in [0.3, 0.4) is 0 Å². The monoisotopic (exact) mass is 338 g/mol. The Labute approximate surface area is 148 Å². The van der Waals surface area contributed by atoms with E-state index in [-0.39, 0.29) is 0 Å². The van der Waals surface area contributed by atoms with Crippen LogP contribution in [0.4, 0.5) is 0 Å². The van der Waals surface area contributed by atoms with Gasteiger partial charge in [0, 0.05) is 38.7 Å². The van der Waals surface area contributed by atoms with Crippen LogP contribution in [0.25, 0.3) is 0 Å². The fraction of sp³-hybridized carbons (Fsp3) is 0.947. The number of aliphatic imine (C=N–C) groups is 1. The van der Waals surface area contributed by atoms with Crippen LogP contribution < -0.4 is 5.32 Å². The van der Waals surface area contributed by atoms with Gasteiger partial charge in [-0.1, -0.05) is 13.8 Å². The van der Waals surface area contributed by atoms with E-state index in [0.717, 1.165) is 44.7 Å². The van der Waals surface area contributed by atoms with Gasteiger partial charge in [0.15, 0.2) is 5.96 Å². The van der Waals surface area contributed by atoms with Gasteiger partial charge >= 0.3 is 0 Å². The van der Waals surface area contributed by atoms with Crippen LogP contribution in [0, 0.1) is 11.8 Å². The molecule has 1 N–H and O–H groups in total. The molecule has 0 radical (unpaired) electrons. The van der Waals surface area contributed by atoms with Crippen molar-refractivity contribution in [1.29, 1.82) is 0 Å². The Balaban J connectivity index is 1.94. The average Bonchev–Trinajstić information content (AvgIpc) is 3.22. The zero-order valence-electron chi connectivity index (χ0n) is 16.3. The van der Waals surface area contributed by atoms with Gasteiger partial charge in [-0.3, -0.25) is 9.89 Å². The predicted molar refractivity (Wildman–Crippen MR) is 102 cm³/mol. The molecule has 5 nitrogen and oxygen atoms in total. The summed E-state index contributed by atoms with van der Waals surface area (Å²) >= 11 is 0. The summed E-state index contributed by atoms with van der Waals surface area (Å²) in [5.74, 6) is 2.42. The summed E-state index contributed by atoms with van der Waals surface area (Å²) in [5, 5.41) is 3.47. The van der Waals surface area contributed by atoms with Crippen LogP contribution >= 0.6 is 0 Å². The van der Waals surface area contributed by atoms with E-state index >= 15 is 0 Å². The fourth-order valence-corrected chi connectivity index (χ4v) is 3.85.